The number of likely N-dealkylation sites (tertiary alicyclic amines) is 1. The van der Waals surface area contributed by atoms with Crippen LogP contribution in [-0.4, -0.2) is 42.3 Å². The summed E-state index contributed by atoms with van der Waals surface area (Å²) in [6, 6.07) is 0.131. The Labute approximate surface area is 66.2 Å². The molecule has 1 amide bonds. The maximum atomic E-state index is 10.2. The first-order valence-corrected chi connectivity index (χ1v) is 3.86. The van der Waals surface area contributed by atoms with Crippen molar-refractivity contribution in [2.24, 2.45) is 0 Å². The van der Waals surface area contributed by atoms with E-state index in [1.165, 1.54) is 0 Å². The molecule has 0 aromatic heterocycles. The lowest BCUT2D eigenvalue weighted by Gasteiger charge is -2.29. The van der Waals surface area contributed by atoms with Crippen LogP contribution in [0.4, 0.5) is 4.79 Å². The molecule has 1 heterocycles. The van der Waals surface area contributed by atoms with Gasteiger partial charge in [0, 0.05) is 12.6 Å². The first-order valence-electron chi connectivity index (χ1n) is 3.86. The van der Waals surface area contributed by atoms with Crippen LogP contribution in [0, 0.1) is 0 Å². The predicted octanol–water partition coefficient (Wildman–Crippen LogP) is 0.348. The number of hydrogen-bond donors (Lipinski definition) is 2. The fraction of sp³-hybridized carbons (Fsp3) is 0.857. The van der Waals surface area contributed by atoms with Crippen LogP contribution in [0.5, 0.6) is 0 Å². The largest absolute Gasteiger partial charge is 0.465 e. The van der Waals surface area contributed by atoms with Gasteiger partial charge in [-0.05, 0) is 26.4 Å². The smallest absolute Gasteiger partial charge is 0.404 e. The van der Waals surface area contributed by atoms with E-state index in [0.29, 0.717) is 0 Å². The van der Waals surface area contributed by atoms with Crippen molar-refractivity contribution < 1.29 is 9.90 Å². The van der Waals surface area contributed by atoms with Gasteiger partial charge in [0.1, 0.15) is 0 Å². The highest BCUT2D eigenvalue weighted by molar-refractivity contribution is 5.64. The molecule has 1 atom stereocenters. The number of likely N-dealkylation sites (N-methyl/N-ethyl adjacent to an activating group) is 1. The molecule has 0 spiro atoms. The van der Waals surface area contributed by atoms with Gasteiger partial charge in [-0.3, -0.25) is 0 Å². The van der Waals surface area contributed by atoms with Gasteiger partial charge >= 0.3 is 6.09 Å². The average molecular weight is 158 g/mol. The van der Waals surface area contributed by atoms with Crippen molar-refractivity contribution in [2.45, 2.75) is 18.9 Å². The van der Waals surface area contributed by atoms with E-state index in [1.54, 1.807) is 0 Å². The van der Waals surface area contributed by atoms with Gasteiger partial charge in [0.25, 0.3) is 0 Å². The van der Waals surface area contributed by atoms with Gasteiger partial charge in [0.2, 0.25) is 0 Å². The van der Waals surface area contributed by atoms with E-state index in [-0.39, 0.29) is 6.04 Å². The standard InChI is InChI=1S/C7H14N2O2/c1-9-4-2-3-6(5-9)8-7(10)11/h6,8H,2-5H2,1H3,(H,10,11)/t6-/m0/s1. The summed E-state index contributed by atoms with van der Waals surface area (Å²) in [4.78, 5) is 12.4. The van der Waals surface area contributed by atoms with Crippen molar-refractivity contribution in [3.63, 3.8) is 0 Å². The quantitative estimate of drug-likeness (QED) is 0.579. The zero-order valence-corrected chi connectivity index (χ0v) is 6.71. The Hall–Kier alpha value is -0.770. The topological polar surface area (TPSA) is 52.6 Å². The second-order valence-electron chi connectivity index (χ2n) is 3.05. The molecule has 0 unspecified atom stereocenters. The minimum absolute atomic E-state index is 0.131. The molecule has 64 valence electrons. The average Bonchev–Trinajstić information content (AvgIpc) is 1.85. The summed E-state index contributed by atoms with van der Waals surface area (Å²) in [7, 11) is 2.01. The Morgan fingerprint density at radius 3 is 3.00 bits per heavy atom. The third-order valence-corrected chi connectivity index (χ3v) is 1.95. The Balaban J connectivity index is 2.28. The van der Waals surface area contributed by atoms with Crippen LogP contribution in [0.25, 0.3) is 0 Å². The Kier molecular flexibility index (Phi) is 2.70. The maximum absolute atomic E-state index is 10.2. The summed E-state index contributed by atoms with van der Waals surface area (Å²) in [5.74, 6) is 0. The van der Waals surface area contributed by atoms with Crippen LogP contribution in [0.1, 0.15) is 12.8 Å². The summed E-state index contributed by atoms with van der Waals surface area (Å²) < 4.78 is 0. The van der Waals surface area contributed by atoms with Crippen LogP contribution in [0.3, 0.4) is 0 Å². The zero-order chi connectivity index (χ0) is 8.27. The predicted molar refractivity (Wildman–Crippen MR) is 41.7 cm³/mol. The first-order chi connectivity index (χ1) is 5.18. The normalized spacial score (nSPS) is 26.5. The molecule has 0 aliphatic carbocycles. The summed E-state index contributed by atoms with van der Waals surface area (Å²) in [6.07, 6.45) is 1.14. The number of nitrogens with zero attached hydrogens (tertiary/aromatic N) is 1. The van der Waals surface area contributed by atoms with Gasteiger partial charge in [0.05, 0.1) is 0 Å². The Morgan fingerprint density at radius 1 is 1.73 bits per heavy atom. The Morgan fingerprint density at radius 2 is 2.45 bits per heavy atom. The van der Waals surface area contributed by atoms with Crippen molar-refractivity contribution in [3.8, 4) is 0 Å². The van der Waals surface area contributed by atoms with E-state index in [0.717, 1.165) is 25.9 Å². The van der Waals surface area contributed by atoms with Crippen molar-refractivity contribution in [3.05, 3.63) is 0 Å². The van der Waals surface area contributed by atoms with Crippen LogP contribution in [0.15, 0.2) is 0 Å². The minimum atomic E-state index is -0.912. The minimum Gasteiger partial charge on any atom is -0.465 e. The molecule has 4 nitrogen and oxygen atoms in total. The molecule has 2 N–H and O–H groups in total. The van der Waals surface area contributed by atoms with E-state index in [1.807, 2.05) is 7.05 Å². The summed E-state index contributed by atoms with van der Waals surface area (Å²) >= 11 is 0. The van der Waals surface area contributed by atoms with Crippen LogP contribution in [-0.2, 0) is 0 Å². The van der Waals surface area contributed by atoms with E-state index < -0.39 is 6.09 Å². The molecule has 0 aromatic rings. The van der Waals surface area contributed by atoms with Crippen molar-refractivity contribution in [1.29, 1.82) is 0 Å². The fourth-order valence-corrected chi connectivity index (χ4v) is 1.46. The fourth-order valence-electron chi connectivity index (χ4n) is 1.46. The van der Waals surface area contributed by atoms with Crippen molar-refractivity contribution in [1.82, 2.24) is 10.2 Å². The molecule has 0 radical (unpaired) electrons. The van der Waals surface area contributed by atoms with Crippen LogP contribution >= 0.6 is 0 Å². The second-order valence-corrected chi connectivity index (χ2v) is 3.05. The van der Waals surface area contributed by atoms with E-state index >= 15 is 0 Å². The van der Waals surface area contributed by atoms with Crippen LogP contribution in [0.2, 0.25) is 0 Å². The van der Waals surface area contributed by atoms with Gasteiger partial charge in [-0.15, -0.1) is 0 Å². The number of rotatable bonds is 1. The first kappa shape index (κ1) is 8.33. The zero-order valence-electron chi connectivity index (χ0n) is 6.71. The molecule has 1 aliphatic heterocycles. The molecule has 0 aromatic carbocycles. The SMILES string of the molecule is CN1CCC[C@H](NC(=O)O)C1. The molecular formula is C7H14N2O2. The lowest BCUT2D eigenvalue weighted by atomic mass is 10.1. The van der Waals surface area contributed by atoms with Crippen molar-refractivity contribution >= 4 is 6.09 Å². The molecule has 11 heavy (non-hydrogen) atoms. The van der Waals surface area contributed by atoms with Gasteiger partial charge in [-0.25, -0.2) is 4.79 Å². The van der Waals surface area contributed by atoms with Gasteiger partial charge < -0.3 is 15.3 Å². The highest BCUT2D eigenvalue weighted by Crippen LogP contribution is 2.07. The summed E-state index contributed by atoms with van der Waals surface area (Å²) in [5.41, 5.74) is 0. The lowest BCUT2D eigenvalue weighted by Crippen LogP contribution is -2.45. The molecule has 4 heteroatoms. The Bertz CT molecular complexity index is 149. The molecule has 1 rings (SSSR count). The molecule has 1 aliphatic rings. The van der Waals surface area contributed by atoms with E-state index in [2.05, 4.69) is 10.2 Å². The summed E-state index contributed by atoms with van der Waals surface area (Å²) in [6.45, 7) is 1.92. The van der Waals surface area contributed by atoms with Gasteiger partial charge in [-0.1, -0.05) is 0 Å². The molecule has 0 bridgehead atoms. The second kappa shape index (κ2) is 3.57. The number of hydrogen-bond acceptors (Lipinski definition) is 2. The van der Waals surface area contributed by atoms with Crippen molar-refractivity contribution in [2.75, 3.05) is 20.1 Å². The highest BCUT2D eigenvalue weighted by atomic mass is 16.4. The van der Waals surface area contributed by atoms with Gasteiger partial charge in [0.15, 0.2) is 0 Å². The molecule has 1 saturated heterocycles. The number of carbonyl (C=O) groups is 1. The maximum Gasteiger partial charge on any atom is 0.404 e. The number of carboxylic acid groups (broad SMARTS) is 1. The number of amides is 1. The summed E-state index contributed by atoms with van der Waals surface area (Å²) in [5, 5.41) is 10.9. The molecule has 1 fully saturated rings. The molecule has 0 saturated carbocycles. The third-order valence-electron chi connectivity index (χ3n) is 1.95. The monoisotopic (exact) mass is 158 g/mol. The highest BCUT2D eigenvalue weighted by Gasteiger charge is 2.17. The lowest BCUT2D eigenvalue weighted by molar-refractivity contribution is 0.174. The van der Waals surface area contributed by atoms with E-state index in [4.69, 9.17) is 5.11 Å². The van der Waals surface area contributed by atoms with E-state index in [9.17, 15) is 4.79 Å². The third kappa shape index (κ3) is 2.76. The number of piperidine rings is 1. The molecular weight excluding hydrogens is 144 g/mol. The number of nitrogens with one attached hydrogen (secondary N) is 1. The van der Waals surface area contributed by atoms with Gasteiger partial charge in [-0.2, -0.15) is 0 Å². The van der Waals surface area contributed by atoms with Crippen LogP contribution < -0.4 is 5.32 Å².